The van der Waals surface area contributed by atoms with Gasteiger partial charge < -0.3 is 4.74 Å². The number of carbonyl (C=O) groups is 1. The van der Waals surface area contributed by atoms with Crippen LogP contribution in [0.2, 0.25) is 0 Å². The summed E-state index contributed by atoms with van der Waals surface area (Å²) in [4.78, 5) is 11.6. The number of carbonyl (C=O) groups excluding carboxylic acids is 1. The summed E-state index contributed by atoms with van der Waals surface area (Å²) in [5.74, 6) is 1.04. The molecule has 2 heteroatoms. The van der Waals surface area contributed by atoms with Gasteiger partial charge in [0.2, 0.25) is 0 Å². The van der Waals surface area contributed by atoms with E-state index in [9.17, 15) is 4.79 Å². The van der Waals surface area contributed by atoms with Gasteiger partial charge in [0.1, 0.15) is 5.78 Å². The predicted molar refractivity (Wildman–Crippen MR) is 67.7 cm³/mol. The van der Waals surface area contributed by atoms with Crippen molar-refractivity contribution in [1.82, 2.24) is 0 Å². The minimum Gasteiger partial charge on any atom is -0.376 e. The number of ether oxygens (including phenoxy) is 1. The van der Waals surface area contributed by atoms with E-state index >= 15 is 0 Å². The van der Waals surface area contributed by atoms with Gasteiger partial charge >= 0.3 is 0 Å². The first-order chi connectivity index (χ1) is 8.34. The average molecular weight is 232 g/mol. The highest BCUT2D eigenvalue weighted by atomic mass is 16.5. The van der Waals surface area contributed by atoms with Gasteiger partial charge in [-0.2, -0.15) is 0 Å². The van der Waals surface area contributed by atoms with E-state index in [1.165, 1.54) is 24.8 Å². The van der Waals surface area contributed by atoms with Crippen LogP contribution in [-0.2, 0) is 16.1 Å². The lowest BCUT2D eigenvalue weighted by molar-refractivity contribution is -0.121. The van der Waals surface area contributed by atoms with Crippen LogP contribution in [0.4, 0.5) is 0 Å². The molecule has 0 radical (unpaired) electrons. The summed E-state index contributed by atoms with van der Waals surface area (Å²) in [5, 5.41) is 0. The number of rotatable bonds is 7. The Labute approximate surface area is 103 Å². The summed E-state index contributed by atoms with van der Waals surface area (Å²) in [6.45, 7) is 1.16. The Bertz CT molecular complexity index is 341. The third-order valence-electron chi connectivity index (χ3n) is 3.38. The molecule has 2 rings (SSSR count). The lowest BCUT2D eigenvalue weighted by Gasteiger charge is -2.24. The molecule has 0 saturated heterocycles. The highest BCUT2D eigenvalue weighted by Crippen LogP contribution is 2.29. The normalized spacial score (nSPS) is 15.5. The molecular weight excluding hydrogens is 212 g/mol. The van der Waals surface area contributed by atoms with E-state index in [1.807, 2.05) is 30.3 Å². The number of ketones is 1. The molecule has 0 heterocycles. The van der Waals surface area contributed by atoms with Crippen LogP contribution in [0.25, 0.3) is 0 Å². The highest BCUT2D eigenvalue weighted by Gasteiger charge is 2.20. The molecule has 1 fully saturated rings. The molecule has 1 saturated carbocycles. The summed E-state index contributed by atoms with van der Waals surface area (Å²) in [6, 6.07) is 10.1. The van der Waals surface area contributed by atoms with Crippen molar-refractivity contribution in [3.05, 3.63) is 35.9 Å². The molecule has 1 aromatic rings. The molecule has 92 valence electrons. The van der Waals surface area contributed by atoms with Crippen molar-refractivity contribution in [3.8, 4) is 0 Å². The monoisotopic (exact) mass is 232 g/mol. The van der Waals surface area contributed by atoms with E-state index in [1.54, 1.807) is 0 Å². The fraction of sp³-hybridized carbons (Fsp3) is 0.533. The Morgan fingerprint density at radius 2 is 2.00 bits per heavy atom. The molecule has 1 aliphatic carbocycles. The van der Waals surface area contributed by atoms with E-state index in [4.69, 9.17) is 4.74 Å². The number of benzene rings is 1. The van der Waals surface area contributed by atoms with Gasteiger partial charge in [-0.1, -0.05) is 49.6 Å². The van der Waals surface area contributed by atoms with Gasteiger partial charge in [-0.25, -0.2) is 0 Å². The molecule has 0 aromatic heterocycles. The Morgan fingerprint density at radius 3 is 2.65 bits per heavy atom. The summed E-state index contributed by atoms with van der Waals surface area (Å²) >= 11 is 0. The smallest absolute Gasteiger partial charge is 0.135 e. The second-order valence-corrected chi connectivity index (χ2v) is 4.83. The fourth-order valence-corrected chi connectivity index (χ4v) is 2.07. The van der Waals surface area contributed by atoms with Crippen LogP contribution in [0.3, 0.4) is 0 Å². The Morgan fingerprint density at radius 1 is 1.24 bits per heavy atom. The first-order valence-electron chi connectivity index (χ1n) is 6.48. The van der Waals surface area contributed by atoms with E-state index in [2.05, 4.69) is 0 Å². The third kappa shape index (κ3) is 4.31. The van der Waals surface area contributed by atoms with Crippen molar-refractivity contribution in [3.63, 3.8) is 0 Å². The van der Waals surface area contributed by atoms with Gasteiger partial charge in [0.15, 0.2) is 0 Å². The minimum absolute atomic E-state index is 0.364. The second-order valence-electron chi connectivity index (χ2n) is 4.83. The average Bonchev–Trinajstić information content (AvgIpc) is 2.31. The summed E-state index contributed by atoms with van der Waals surface area (Å²) < 4.78 is 5.50. The van der Waals surface area contributed by atoms with Crippen LogP contribution in [0.1, 0.15) is 37.7 Å². The van der Waals surface area contributed by atoms with Crippen LogP contribution >= 0.6 is 0 Å². The van der Waals surface area contributed by atoms with Crippen LogP contribution in [0, 0.1) is 5.92 Å². The van der Waals surface area contributed by atoms with Crippen molar-refractivity contribution >= 4 is 5.78 Å². The SMILES string of the molecule is O=C(CCOCc1ccccc1)CC1CCC1. The van der Waals surface area contributed by atoms with E-state index in [0.29, 0.717) is 31.3 Å². The zero-order chi connectivity index (χ0) is 11.9. The van der Waals surface area contributed by atoms with Crippen molar-refractivity contribution in [1.29, 1.82) is 0 Å². The quantitative estimate of drug-likeness (QED) is 0.674. The molecule has 1 aliphatic rings. The number of hydrogen-bond donors (Lipinski definition) is 0. The summed E-state index contributed by atoms with van der Waals surface area (Å²) in [7, 11) is 0. The molecule has 0 N–H and O–H groups in total. The van der Waals surface area contributed by atoms with Gasteiger partial charge in [0.05, 0.1) is 13.2 Å². The topological polar surface area (TPSA) is 26.3 Å². The van der Waals surface area contributed by atoms with E-state index in [0.717, 1.165) is 6.42 Å². The predicted octanol–water partition coefficient (Wildman–Crippen LogP) is 3.35. The molecule has 0 aliphatic heterocycles. The van der Waals surface area contributed by atoms with Crippen molar-refractivity contribution in [2.24, 2.45) is 5.92 Å². The summed E-state index contributed by atoms with van der Waals surface area (Å²) in [6.07, 6.45) is 5.15. The Balaban J connectivity index is 1.55. The largest absolute Gasteiger partial charge is 0.376 e. The minimum atomic E-state index is 0.364. The summed E-state index contributed by atoms with van der Waals surface area (Å²) in [5.41, 5.74) is 1.17. The van der Waals surface area contributed by atoms with Crippen LogP contribution < -0.4 is 0 Å². The van der Waals surface area contributed by atoms with E-state index < -0.39 is 0 Å². The Hall–Kier alpha value is -1.15. The molecule has 0 amide bonds. The molecular formula is C15H20O2. The zero-order valence-corrected chi connectivity index (χ0v) is 10.2. The van der Waals surface area contributed by atoms with Crippen LogP contribution in [-0.4, -0.2) is 12.4 Å². The highest BCUT2D eigenvalue weighted by molar-refractivity contribution is 5.78. The molecule has 0 spiro atoms. The lowest BCUT2D eigenvalue weighted by atomic mass is 9.81. The Kier molecular flexibility index (Phi) is 4.75. The second kappa shape index (κ2) is 6.55. The maximum absolute atomic E-state index is 11.6. The third-order valence-corrected chi connectivity index (χ3v) is 3.38. The van der Waals surface area contributed by atoms with Gasteiger partial charge in [0, 0.05) is 12.8 Å². The maximum Gasteiger partial charge on any atom is 0.135 e. The zero-order valence-electron chi connectivity index (χ0n) is 10.2. The maximum atomic E-state index is 11.6. The van der Waals surface area contributed by atoms with Gasteiger partial charge in [-0.3, -0.25) is 4.79 Å². The van der Waals surface area contributed by atoms with Crippen molar-refractivity contribution < 1.29 is 9.53 Å². The standard InChI is InChI=1S/C15H20O2/c16-15(11-13-7-4-8-13)9-10-17-12-14-5-2-1-3-6-14/h1-3,5-6,13H,4,7-12H2. The molecule has 0 unspecified atom stereocenters. The van der Waals surface area contributed by atoms with Crippen LogP contribution in [0.5, 0.6) is 0 Å². The van der Waals surface area contributed by atoms with Crippen molar-refractivity contribution in [2.45, 2.75) is 38.7 Å². The van der Waals surface area contributed by atoms with Crippen LogP contribution in [0.15, 0.2) is 30.3 Å². The van der Waals surface area contributed by atoms with Gasteiger partial charge in [-0.15, -0.1) is 0 Å². The van der Waals surface area contributed by atoms with Crippen molar-refractivity contribution in [2.75, 3.05) is 6.61 Å². The molecule has 0 atom stereocenters. The first kappa shape index (κ1) is 12.3. The molecule has 0 bridgehead atoms. The molecule has 17 heavy (non-hydrogen) atoms. The number of Topliss-reactive ketones (excluding diaryl/α,β-unsaturated/α-hetero) is 1. The lowest BCUT2D eigenvalue weighted by Crippen LogP contribution is -2.16. The van der Waals surface area contributed by atoms with E-state index in [-0.39, 0.29) is 0 Å². The first-order valence-corrected chi connectivity index (χ1v) is 6.48. The van der Waals surface area contributed by atoms with Gasteiger partial charge in [0.25, 0.3) is 0 Å². The molecule has 2 nitrogen and oxygen atoms in total. The fourth-order valence-electron chi connectivity index (χ4n) is 2.07. The van der Waals surface area contributed by atoms with Gasteiger partial charge in [-0.05, 0) is 11.5 Å². The number of hydrogen-bond acceptors (Lipinski definition) is 2. The molecule has 1 aromatic carbocycles.